The van der Waals surface area contributed by atoms with Crippen LogP contribution in [0.2, 0.25) is 0 Å². The molecule has 0 saturated carbocycles. The third-order valence-corrected chi connectivity index (χ3v) is 3.45. The SMILES string of the molecule is CNCc1nn(CCc2cnn(C)c2)c2ccccc12. The van der Waals surface area contributed by atoms with Crippen LogP contribution in [0.5, 0.6) is 0 Å². The standard InChI is InChI=1S/C15H19N5/c1-16-10-14-13-5-3-4-6-15(13)20(18-14)8-7-12-9-17-19(2)11-12/h3-6,9,11,16H,7-8,10H2,1-2H3. The molecule has 1 aromatic carbocycles. The molecule has 0 radical (unpaired) electrons. The van der Waals surface area contributed by atoms with Crippen molar-refractivity contribution in [2.75, 3.05) is 7.05 Å². The zero-order valence-electron chi connectivity index (χ0n) is 11.9. The van der Waals surface area contributed by atoms with Gasteiger partial charge < -0.3 is 5.32 Å². The van der Waals surface area contributed by atoms with Gasteiger partial charge in [-0.2, -0.15) is 10.2 Å². The Labute approximate surface area is 118 Å². The Morgan fingerprint density at radius 3 is 2.85 bits per heavy atom. The van der Waals surface area contributed by atoms with E-state index in [-0.39, 0.29) is 0 Å². The Morgan fingerprint density at radius 2 is 2.10 bits per heavy atom. The lowest BCUT2D eigenvalue weighted by Gasteiger charge is -2.01. The molecule has 0 amide bonds. The first-order chi connectivity index (χ1) is 9.78. The number of rotatable bonds is 5. The summed E-state index contributed by atoms with van der Waals surface area (Å²) in [6.07, 6.45) is 4.92. The molecule has 0 spiro atoms. The number of aromatic nitrogens is 4. The van der Waals surface area contributed by atoms with Crippen LogP contribution in [0, 0.1) is 0 Å². The fourth-order valence-corrected chi connectivity index (χ4v) is 2.50. The van der Waals surface area contributed by atoms with Crippen molar-refractivity contribution in [3.05, 3.63) is 47.9 Å². The number of hydrogen-bond donors (Lipinski definition) is 1. The lowest BCUT2D eigenvalue weighted by Crippen LogP contribution is -2.08. The fraction of sp³-hybridized carbons (Fsp3) is 0.333. The number of nitrogens with one attached hydrogen (secondary N) is 1. The lowest BCUT2D eigenvalue weighted by molar-refractivity contribution is 0.617. The molecule has 2 heterocycles. The van der Waals surface area contributed by atoms with E-state index in [0.717, 1.165) is 25.2 Å². The molecular weight excluding hydrogens is 250 g/mol. The second-order valence-corrected chi connectivity index (χ2v) is 4.99. The second kappa shape index (κ2) is 5.46. The number of para-hydroxylation sites is 1. The van der Waals surface area contributed by atoms with E-state index >= 15 is 0 Å². The lowest BCUT2D eigenvalue weighted by atomic mass is 10.2. The van der Waals surface area contributed by atoms with Crippen molar-refractivity contribution < 1.29 is 0 Å². The summed E-state index contributed by atoms with van der Waals surface area (Å²) < 4.78 is 3.93. The third-order valence-electron chi connectivity index (χ3n) is 3.45. The Hall–Kier alpha value is -2.14. The van der Waals surface area contributed by atoms with Gasteiger partial charge in [0.25, 0.3) is 0 Å². The molecule has 1 N–H and O–H groups in total. The summed E-state index contributed by atoms with van der Waals surface area (Å²) in [5.74, 6) is 0. The molecule has 5 nitrogen and oxygen atoms in total. The summed E-state index contributed by atoms with van der Waals surface area (Å²) in [7, 11) is 3.89. The number of aryl methyl sites for hydroxylation is 3. The van der Waals surface area contributed by atoms with Crippen LogP contribution in [0.15, 0.2) is 36.7 Å². The average molecular weight is 269 g/mol. The second-order valence-electron chi connectivity index (χ2n) is 4.99. The van der Waals surface area contributed by atoms with E-state index in [9.17, 15) is 0 Å². The molecule has 5 heteroatoms. The molecule has 0 aliphatic heterocycles. The Balaban J connectivity index is 1.87. The van der Waals surface area contributed by atoms with Gasteiger partial charge in [0.1, 0.15) is 0 Å². The van der Waals surface area contributed by atoms with Crippen molar-refractivity contribution in [2.45, 2.75) is 19.5 Å². The van der Waals surface area contributed by atoms with Crippen molar-refractivity contribution >= 4 is 10.9 Å². The van der Waals surface area contributed by atoms with Crippen molar-refractivity contribution in [3.63, 3.8) is 0 Å². The molecule has 104 valence electrons. The van der Waals surface area contributed by atoms with Gasteiger partial charge in [0, 0.05) is 31.7 Å². The van der Waals surface area contributed by atoms with Gasteiger partial charge in [-0.1, -0.05) is 18.2 Å². The van der Waals surface area contributed by atoms with Crippen LogP contribution in [0.3, 0.4) is 0 Å². The van der Waals surface area contributed by atoms with Gasteiger partial charge in [-0.3, -0.25) is 9.36 Å². The molecule has 3 aromatic rings. The highest BCUT2D eigenvalue weighted by Crippen LogP contribution is 2.18. The highest BCUT2D eigenvalue weighted by molar-refractivity contribution is 5.81. The third kappa shape index (κ3) is 2.44. The molecule has 3 rings (SSSR count). The van der Waals surface area contributed by atoms with E-state index in [1.165, 1.54) is 16.5 Å². The summed E-state index contributed by atoms with van der Waals surface area (Å²) in [4.78, 5) is 0. The van der Waals surface area contributed by atoms with Gasteiger partial charge in [0.2, 0.25) is 0 Å². The van der Waals surface area contributed by atoms with Crippen LogP contribution >= 0.6 is 0 Å². The van der Waals surface area contributed by atoms with E-state index < -0.39 is 0 Å². The van der Waals surface area contributed by atoms with Crippen LogP contribution in [0.1, 0.15) is 11.3 Å². The minimum Gasteiger partial charge on any atom is -0.314 e. The predicted molar refractivity (Wildman–Crippen MR) is 79.4 cm³/mol. The van der Waals surface area contributed by atoms with Crippen molar-refractivity contribution in [1.29, 1.82) is 0 Å². The van der Waals surface area contributed by atoms with Crippen molar-refractivity contribution in [1.82, 2.24) is 24.9 Å². The molecule has 0 saturated heterocycles. The van der Waals surface area contributed by atoms with Gasteiger partial charge in [-0.25, -0.2) is 0 Å². The average Bonchev–Trinajstić information content (AvgIpc) is 3.02. The predicted octanol–water partition coefficient (Wildman–Crippen LogP) is 1.73. The maximum atomic E-state index is 4.73. The van der Waals surface area contributed by atoms with Crippen LogP contribution in [-0.4, -0.2) is 26.6 Å². The van der Waals surface area contributed by atoms with Crippen molar-refractivity contribution in [3.8, 4) is 0 Å². The zero-order valence-corrected chi connectivity index (χ0v) is 11.9. The summed E-state index contributed by atoms with van der Waals surface area (Å²) >= 11 is 0. The summed E-state index contributed by atoms with van der Waals surface area (Å²) in [5, 5.41) is 13.3. The Morgan fingerprint density at radius 1 is 1.25 bits per heavy atom. The molecule has 0 fully saturated rings. The first kappa shape index (κ1) is 12.9. The molecule has 0 bridgehead atoms. The molecule has 0 aliphatic rings. The molecule has 2 aromatic heterocycles. The van der Waals surface area contributed by atoms with Gasteiger partial charge >= 0.3 is 0 Å². The molecule has 0 unspecified atom stereocenters. The number of nitrogens with zero attached hydrogens (tertiary/aromatic N) is 4. The molecule has 20 heavy (non-hydrogen) atoms. The maximum absolute atomic E-state index is 4.73. The largest absolute Gasteiger partial charge is 0.314 e. The monoisotopic (exact) mass is 269 g/mol. The van der Waals surface area contributed by atoms with Gasteiger partial charge in [-0.05, 0) is 25.1 Å². The first-order valence-electron chi connectivity index (χ1n) is 6.84. The smallest absolute Gasteiger partial charge is 0.0841 e. The van der Waals surface area contributed by atoms with E-state index in [1.807, 2.05) is 25.0 Å². The Kier molecular flexibility index (Phi) is 3.52. The number of fused-ring (bicyclic) bond motifs is 1. The van der Waals surface area contributed by atoms with Crippen LogP contribution in [-0.2, 0) is 26.6 Å². The van der Waals surface area contributed by atoms with Gasteiger partial charge in [-0.15, -0.1) is 0 Å². The minimum absolute atomic E-state index is 0.792. The normalized spacial score (nSPS) is 11.3. The van der Waals surface area contributed by atoms with Gasteiger partial charge in [0.15, 0.2) is 0 Å². The summed E-state index contributed by atoms with van der Waals surface area (Å²) in [6.45, 7) is 1.66. The highest BCUT2D eigenvalue weighted by Gasteiger charge is 2.09. The van der Waals surface area contributed by atoms with E-state index in [1.54, 1.807) is 0 Å². The molecule has 0 atom stereocenters. The van der Waals surface area contributed by atoms with Crippen LogP contribution in [0.25, 0.3) is 10.9 Å². The topological polar surface area (TPSA) is 47.7 Å². The fourth-order valence-electron chi connectivity index (χ4n) is 2.50. The van der Waals surface area contributed by atoms with E-state index in [0.29, 0.717) is 0 Å². The zero-order chi connectivity index (χ0) is 13.9. The Bertz CT molecular complexity index is 710. The van der Waals surface area contributed by atoms with E-state index in [4.69, 9.17) is 5.10 Å². The van der Waals surface area contributed by atoms with Gasteiger partial charge in [0.05, 0.1) is 17.4 Å². The highest BCUT2D eigenvalue weighted by atomic mass is 15.3. The first-order valence-corrected chi connectivity index (χ1v) is 6.84. The number of hydrogen-bond acceptors (Lipinski definition) is 3. The summed E-state index contributed by atoms with van der Waals surface area (Å²) in [6, 6.07) is 8.39. The molecular formula is C15H19N5. The van der Waals surface area contributed by atoms with E-state index in [2.05, 4.69) is 45.6 Å². The van der Waals surface area contributed by atoms with Crippen molar-refractivity contribution in [2.24, 2.45) is 7.05 Å². The molecule has 0 aliphatic carbocycles. The maximum Gasteiger partial charge on any atom is 0.0841 e. The van der Waals surface area contributed by atoms with Crippen LogP contribution < -0.4 is 5.32 Å². The van der Waals surface area contributed by atoms with Crippen LogP contribution in [0.4, 0.5) is 0 Å². The summed E-state index contributed by atoms with van der Waals surface area (Å²) in [5.41, 5.74) is 3.54. The quantitative estimate of drug-likeness (QED) is 0.767. The minimum atomic E-state index is 0.792. The number of benzene rings is 1.